The number of hydrogen-bond acceptors (Lipinski definition) is 6. The average Bonchev–Trinajstić information content (AvgIpc) is 2.67. The predicted octanol–water partition coefficient (Wildman–Crippen LogP) is 3.00. The van der Waals surface area contributed by atoms with Crippen LogP contribution in [-0.2, 0) is 9.47 Å². The summed E-state index contributed by atoms with van der Waals surface area (Å²) in [5, 5.41) is 39.0. The minimum Gasteiger partial charge on any atom is -0.394 e. The maximum Gasteiger partial charge on any atom is 0.187 e. The van der Waals surface area contributed by atoms with Gasteiger partial charge in [-0.15, -0.1) is 0 Å². The molecule has 1 fully saturated rings. The van der Waals surface area contributed by atoms with Gasteiger partial charge >= 0.3 is 0 Å². The van der Waals surface area contributed by atoms with Gasteiger partial charge in [-0.25, -0.2) is 0 Å². The van der Waals surface area contributed by atoms with Gasteiger partial charge in [-0.2, -0.15) is 0 Å². The van der Waals surface area contributed by atoms with E-state index in [9.17, 15) is 20.4 Å². The van der Waals surface area contributed by atoms with E-state index in [0.29, 0.717) is 5.41 Å². The monoisotopic (exact) mass is 424 g/mol. The topological polar surface area (TPSA) is 99.4 Å². The Morgan fingerprint density at radius 3 is 2.57 bits per heavy atom. The van der Waals surface area contributed by atoms with Crippen LogP contribution in [0.4, 0.5) is 0 Å². The molecule has 0 bridgehead atoms. The molecule has 0 amide bonds. The van der Waals surface area contributed by atoms with E-state index in [2.05, 4.69) is 33.8 Å². The van der Waals surface area contributed by atoms with Crippen molar-refractivity contribution < 1.29 is 29.9 Å². The quantitative estimate of drug-likeness (QED) is 0.353. The Bertz CT molecular complexity index is 648. The van der Waals surface area contributed by atoms with E-state index < -0.39 is 37.3 Å². The molecule has 4 N–H and O–H groups in total. The highest BCUT2D eigenvalue weighted by Crippen LogP contribution is 2.42. The average molecular weight is 425 g/mol. The zero-order valence-corrected chi connectivity index (χ0v) is 19.0. The molecular weight excluding hydrogens is 384 g/mol. The first-order valence-electron chi connectivity index (χ1n) is 11.1. The van der Waals surface area contributed by atoms with E-state index >= 15 is 0 Å². The second-order valence-electron chi connectivity index (χ2n) is 9.43. The highest BCUT2D eigenvalue weighted by atomic mass is 16.7. The van der Waals surface area contributed by atoms with Crippen molar-refractivity contribution in [2.24, 2.45) is 5.41 Å². The molecule has 6 nitrogen and oxygen atoms in total. The summed E-state index contributed by atoms with van der Waals surface area (Å²) in [6.07, 6.45) is 5.06. The summed E-state index contributed by atoms with van der Waals surface area (Å²) in [5.41, 5.74) is 4.74. The fourth-order valence-corrected chi connectivity index (χ4v) is 4.45. The normalized spacial score (nSPS) is 33.9. The molecular formula is C24H40O6. The summed E-state index contributed by atoms with van der Waals surface area (Å²) in [7, 11) is 0. The number of rotatable bonds is 8. The summed E-state index contributed by atoms with van der Waals surface area (Å²) in [6, 6.07) is 0. The van der Waals surface area contributed by atoms with Crippen LogP contribution < -0.4 is 0 Å². The molecule has 1 aliphatic carbocycles. The van der Waals surface area contributed by atoms with Crippen molar-refractivity contribution in [1.82, 2.24) is 0 Å². The molecule has 0 radical (unpaired) electrons. The van der Waals surface area contributed by atoms with E-state index in [4.69, 9.17) is 9.47 Å². The molecule has 2 rings (SSSR count). The first kappa shape index (κ1) is 25.2. The lowest BCUT2D eigenvalue weighted by Crippen LogP contribution is -2.59. The van der Waals surface area contributed by atoms with Gasteiger partial charge in [0.05, 0.1) is 12.7 Å². The van der Waals surface area contributed by atoms with Gasteiger partial charge in [0, 0.05) is 0 Å². The lowest BCUT2D eigenvalue weighted by Gasteiger charge is -2.40. The maximum absolute atomic E-state index is 10.1. The first-order chi connectivity index (χ1) is 14.1. The molecule has 6 heteroatoms. The molecule has 0 saturated carbocycles. The summed E-state index contributed by atoms with van der Waals surface area (Å²) < 4.78 is 11.0. The Kier molecular flexibility index (Phi) is 9.28. The summed E-state index contributed by atoms with van der Waals surface area (Å²) in [4.78, 5) is 0. The Hall–Kier alpha value is -1.02. The third kappa shape index (κ3) is 6.49. The molecule has 0 aromatic carbocycles. The zero-order valence-electron chi connectivity index (χ0n) is 19.0. The number of aliphatic hydroxyl groups is 4. The van der Waals surface area contributed by atoms with Gasteiger partial charge in [-0.1, -0.05) is 48.8 Å². The van der Waals surface area contributed by atoms with Crippen LogP contribution in [-0.4, -0.2) is 63.8 Å². The SMILES string of the molecule is CC1=C(CC/C(C)=C/C=C/C(C)O[C@H]2O[C@H](CO)[C@@H](O)[C@H](O)[C@H]2O)C(C)(C)CCC1. The molecule has 1 aliphatic heterocycles. The molecule has 0 aromatic heterocycles. The van der Waals surface area contributed by atoms with Crippen LogP contribution in [0, 0.1) is 5.41 Å². The van der Waals surface area contributed by atoms with E-state index in [-0.39, 0.29) is 6.10 Å². The highest BCUT2D eigenvalue weighted by Gasteiger charge is 2.44. The van der Waals surface area contributed by atoms with Crippen LogP contribution in [0.3, 0.4) is 0 Å². The molecule has 172 valence electrons. The molecule has 30 heavy (non-hydrogen) atoms. The minimum absolute atomic E-state index is 0.298. The number of aliphatic hydroxyl groups excluding tert-OH is 4. The number of ether oxygens (including phenoxy) is 2. The second-order valence-corrected chi connectivity index (χ2v) is 9.43. The molecule has 1 unspecified atom stereocenters. The molecule has 0 aromatic rings. The van der Waals surface area contributed by atoms with Gasteiger partial charge in [0.2, 0.25) is 0 Å². The lowest BCUT2D eigenvalue weighted by atomic mass is 9.71. The molecule has 1 heterocycles. The standard InChI is InChI=1S/C24H40O6/c1-15(11-12-18-16(2)9-7-13-24(18,4)5)8-6-10-17(3)29-23-22(28)21(27)20(26)19(14-25)30-23/h6,8,10,17,19-23,25-28H,7,9,11-14H2,1-5H3/b10-6+,15-8+/t17?,19-,20-,21+,22-,23+/m1/s1. The Morgan fingerprint density at radius 1 is 1.23 bits per heavy atom. The fourth-order valence-electron chi connectivity index (χ4n) is 4.45. The van der Waals surface area contributed by atoms with Crippen molar-refractivity contribution in [1.29, 1.82) is 0 Å². The Balaban J connectivity index is 1.87. The van der Waals surface area contributed by atoms with Crippen LogP contribution in [0.1, 0.15) is 66.7 Å². The van der Waals surface area contributed by atoms with Crippen molar-refractivity contribution in [3.63, 3.8) is 0 Å². The summed E-state index contributed by atoms with van der Waals surface area (Å²) in [6.45, 7) is 10.4. The van der Waals surface area contributed by atoms with Gasteiger partial charge in [0.1, 0.15) is 24.4 Å². The summed E-state index contributed by atoms with van der Waals surface area (Å²) >= 11 is 0. The van der Waals surface area contributed by atoms with E-state index in [0.717, 1.165) is 12.8 Å². The van der Waals surface area contributed by atoms with E-state index in [1.54, 1.807) is 18.1 Å². The lowest BCUT2D eigenvalue weighted by molar-refractivity contribution is -0.306. The van der Waals surface area contributed by atoms with Gasteiger partial charge in [-0.05, 0) is 58.3 Å². The molecule has 2 aliphatic rings. The van der Waals surface area contributed by atoms with Crippen molar-refractivity contribution >= 4 is 0 Å². The highest BCUT2D eigenvalue weighted by molar-refractivity contribution is 5.24. The van der Waals surface area contributed by atoms with Gasteiger partial charge < -0.3 is 29.9 Å². The second kappa shape index (κ2) is 11.0. The van der Waals surface area contributed by atoms with Crippen molar-refractivity contribution in [3.8, 4) is 0 Å². The van der Waals surface area contributed by atoms with Crippen LogP contribution in [0.15, 0.2) is 34.9 Å². The van der Waals surface area contributed by atoms with E-state index in [1.165, 1.54) is 24.8 Å². The van der Waals surface area contributed by atoms with Crippen LogP contribution >= 0.6 is 0 Å². The fraction of sp³-hybridized carbons (Fsp3) is 0.750. The molecule has 6 atom stereocenters. The third-order valence-corrected chi connectivity index (χ3v) is 6.42. The van der Waals surface area contributed by atoms with Crippen molar-refractivity contribution in [2.75, 3.05) is 6.61 Å². The van der Waals surface area contributed by atoms with Crippen molar-refractivity contribution in [2.45, 2.75) is 104 Å². The third-order valence-electron chi connectivity index (χ3n) is 6.42. The largest absolute Gasteiger partial charge is 0.394 e. The molecule has 1 saturated heterocycles. The Labute approximate surface area is 180 Å². The predicted molar refractivity (Wildman–Crippen MR) is 117 cm³/mol. The van der Waals surface area contributed by atoms with Gasteiger partial charge in [0.25, 0.3) is 0 Å². The van der Waals surface area contributed by atoms with E-state index in [1.807, 2.05) is 12.2 Å². The summed E-state index contributed by atoms with van der Waals surface area (Å²) in [5.74, 6) is 0. The molecule has 0 spiro atoms. The van der Waals surface area contributed by atoms with Gasteiger partial charge in [-0.3, -0.25) is 0 Å². The first-order valence-corrected chi connectivity index (χ1v) is 11.1. The van der Waals surface area contributed by atoms with Crippen molar-refractivity contribution in [3.05, 3.63) is 34.9 Å². The van der Waals surface area contributed by atoms with Crippen LogP contribution in [0.2, 0.25) is 0 Å². The number of allylic oxidation sites excluding steroid dienone is 5. The smallest absolute Gasteiger partial charge is 0.187 e. The van der Waals surface area contributed by atoms with Crippen LogP contribution in [0.25, 0.3) is 0 Å². The number of hydrogen-bond donors (Lipinski definition) is 4. The minimum atomic E-state index is -1.43. The zero-order chi connectivity index (χ0) is 22.5. The maximum atomic E-state index is 10.1. The van der Waals surface area contributed by atoms with Gasteiger partial charge in [0.15, 0.2) is 6.29 Å². The Morgan fingerprint density at radius 2 is 1.93 bits per heavy atom. The van der Waals surface area contributed by atoms with Crippen LogP contribution in [0.5, 0.6) is 0 Å².